The van der Waals surface area contributed by atoms with E-state index in [0.29, 0.717) is 17.0 Å². The number of benzene rings is 2. The summed E-state index contributed by atoms with van der Waals surface area (Å²) in [5, 5.41) is 9.66. The Bertz CT molecular complexity index is 907. The van der Waals surface area contributed by atoms with Crippen LogP contribution in [-0.2, 0) is 0 Å². The third kappa shape index (κ3) is 5.08. The molecular weight excluding hydrogens is 399 g/mol. The lowest BCUT2D eigenvalue weighted by Crippen LogP contribution is -2.30. The highest BCUT2D eigenvalue weighted by atomic mass is 19.1. The van der Waals surface area contributed by atoms with Crippen molar-refractivity contribution in [2.75, 3.05) is 0 Å². The van der Waals surface area contributed by atoms with E-state index in [4.69, 9.17) is 0 Å². The summed E-state index contributed by atoms with van der Waals surface area (Å²) in [7, 11) is 0. The van der Waals surface area contributed by atoms with Crippen molar-refractivity contribution in [3.8, 4) is 11.1 Å². The zero-order valence-electron chi connectivity index (χ0n) is 19.4. The molecule has 0 heterocycles. The Labute approximate surface area is 192 Å². The van der Waals surface area contributed by atoms with Crippen LogP contribution in [0.4, 0.5) is 4.39 Å². The molecule has 2 aliphatic rings. The largest absolute Gasteiger partial charge is 0.478 e. The van der Waals surface area contributed by atoms with Crippen molar-refractivity contribution in [1.29, 1.82) is 0 Å². The molecule has 1 N–H and O–H groups in total. The fraction of sp³-hybridized carbons (Fsp3) is 0.552. The first kappa shape index (κ1) is 23.0. The number of carboxylic acids is 1. The molecule has 3 heteroatoms. The first-order valence-electron chi connectivity index (χ1n) is 12.7. The van der Waals surface area contributed by atoms with Crippen LogP contribution in [0.2, 0.25) is 0 Å². The van der Waals surface area contributed by atoms with Gasteiger partial charge in [-0.15, -0.1) is 0 Å². The summed E-state index contributed by atoms with van der Waals surface area (Å²) >= 11 is 0. The Balaban J connectivity index is 1.48. The maximum atomic E-state index is 15.8. The fourth-order valence-corrected chi connectivity index (χ4v) is 6.36. The van der Waals surface area contributed by atoms with Gasteiger partial charge in [-0.3, -0.25) is 0 Å². The third-order valence-corrected chi connectivity index (χ3v) is 8.09. The Morgan fingerprint density at radius 1 is 0.938 bits per heavy atom. The van der Waals surface area contributed by atoms with E-state index in [-0.39, 0.29) is 22.9 Å². The van der Waals surface area contributed by atoms with Crippen LogP contribution in [0, 0.1) is 23.6 Å². The summed E-state index contributed by atoms with van der Waals surface area (Å²) < 4.78 is 15.8. The summed E-state index contributed by atoms with van der Waals surface area (Å²) in [6.07, 6.45) is 14.0. The molecule has 32 heavy (non-hydrogen) atoms. The van der Waals surface area contributed by atoms with E-state index < -0.39 is 5.97 Å². The van der Waals surface area contributed by atoms with Crippen LogP contribution in [0.3, 0.4) is 0 Å². The number of aromatic carboxylic acids is 1. The average Bonchev–Trinajstić information content (AvgIpc) is 2.81. The quantitative estimate of drug-likeness (QED) is 0.421. The second-order valence-electron chi connectivity index (χ2n) is 10.1. The van der Waals surface area contributed by atoms with Gasteiger partial charge in [-0.1, -0.05) is 81.8 Å². The van der Waals surface area contributed by atoms with Gasteiger partial charge in [0.15, 0.2) is 0 Å². The SMILES string of the molecule is CCCCCCC1CCC2CC(c3ccc(C(=O)O)c(-c4ccccc4)c3F)CCC2C1. The molecule has 0 saturated heterocycles. The van der Waals surface area contributed by atoms with Gasteiger partial charge in [-0.25, -0.2) is 9.18 Å². The number of carbonyl (C=O) groups is 1. The van der Waals surface area contributed by atoms with Crippen LogP contribution in [0.25, 0.3) is 11.1 Å². The molecule has 2 nitrogen and oxygen atoms in total. The molecule has 2 aliphatic carbocycles. The van der Waals surface area contributed by atoms with Crippen molar-refractivity contribution < 1.29 is 14.3 Å². The number of fused-ring (bicyclic) bond motifs is 1. The average molecular weight is 437 g/mol. The van der Waals surface area contributed by atoms with Crippen molar-refractivity contribution >= 4 is 5.97 Å². The number of rotatable bonds is 8. The zero-order valence-corrected chi connectivity index (χ0v) is 19.4. The summed E-state index contributed by atoms with van der Waals surface area (Å²) in [6.45, 7) is 2.27. The van der Waals surface area contributed by atoms with E-state index in [1.807, 2.05) is 18.2 Å². The standard InChI is InChI=1S/C29H37FO2/c1-2-3-4-6-9-20-12-13-23-19-24(15-14-22(23)18-20)25-16-17-26(29(31)32)27(28(25)30)21-10-7-5-8-11-21/h5,7-8,10-11,16-17,20,22-24H,2-4,6,9,12-15,18-19H2,1H3,(H,31,32). The Hall–Kier alpha value is -2.16. The summed E-state index contributed by atoms with van der Waals surface area (Å²) in [5.41, 5.74) is 1.65. The highest BCUT2D eigenvalue weighted by molar-refractivity contribution is 5.96. The van der Waals surface area contributed by atoms with Gasteiger partial charge in [0.05, 0.1) is 5.56 Å². The van der Waals surface area contributed by atoms with Gasteiger partial charge in [0.1, 0.15) is 5.82 Å². The van der Waals surface area contributed by atoms with Crippen molar-refractivity contribution in [3.63, 3.8) is 0 Å². The van der Waals surface area contributed by atoms with Gasteiger partial charge in [0, 0.05) is 5.56 Å². The van der Waals surface area contributed by atoms with Crippen LogP contribution in [0.15, 0.2) is 42.5 Å². The smallest absolute Gasteiger partial charge is 0.336 e. The molecule has 0 bridgehead atoms. The number of hydrogen-bond donors (Lipinski definition) is 1. The van der Waals surface area contributed by atoms with E-state index in [9.17, 15) is 9.90 Å². The van der Waals surface area contributed by atoms with Crippen molar-refractivity contribution in [3.05, 3.63) is 59.4 Å². The fourth-order valence-electron chi connectivity index (χ4n) is 6.36. The number of halogens is 1. The second kappa shape index (κ2) is 10.6. The van der Waals surface area contributed by atoms with E-state index >= 15 is 4.39 Å². The minimum absolute atomic E-state index is 0.0507. The normalized spacial score (nSPS) is 25.3. The minimum Gasteiger partial charge on any atom is -0.478 e. The molecule has 0 spiro atoms. The molecule has 2 aromatic rings. The van der Waals surface area contributed by atoms with Crippen molar-refractivity contribution in [2.45, 2.75) is 83.5 Å². The molecule has 0 amide bonds. The Morgan fingerprint density at radius 2 is 1.69 bits per heavy atom. The molecule has 2 aromatic carbocycles. The van der Waals surface area contributed by atoms with Gasteiger partial charge in [0.25, 0.3) is 0 Å². The topological polar surface area (TPSA) is 37.3 Å². The van der Waals surface area contributed by atoms with Gasteiger partial charge in [0.2, 0.25) is 0 Å². The molecule has 0 aromatic heterocycles. The van der Waals surface area contributed by atoms with Gasteiger partial charge in [-0.2, -0.15) is 0 Å². The van der Waals surface area contributed by atoms with Crippen LogP contribution in [0.5, 0.6) is 0 Å². The third-order valence-electron chi connectivity index (χ3n) is 8.09. The first-order valence-corrected chi connectivity index (χ1v) is 12.7. The van der Waals surface area contributed by atoms with E-state index in [1.54, 1.807) is 24.3 Å². The molecule has 4 atom stereocenters. The first-order chi connectivity index (χ1) is 15.6. The lowest BCUT2D eigenvalue weighted by atomic mass is 9.63. The number of hydrogen-bond acceptors (Lipinski definition) is 1. The van der Waals surface area contributed by atoms with Gasteiger partial charge < -0.3 is 5.11 Å². The molecule has 2 fully saturated rings. The Kier molecular flexibility index (Phi) is 7.65. The van der Waals surface area contributed by atoms with Gasteiger partial charge in [-0.05, 0) is 73.0 Å². The van der Waals surface area contributed by atoms with Crippen LogP contribution in [-0.4, -0.2) is 11.1 Å². The van der Waals surface area contributed by atoms with Crippen LogP contribution >= 0.6 is 0 Å². The number of unbranched alkanes of at least 4 members (excludes halogenated alkanes) is 3. The lowest BCUT2D eigenvalue weighted by molar-refractivity contribution is 0.0697. The molecule has 0 aliphatic heterocycles. The summed E-state index contributed by atoms with van der Waals surface area (Å²) in [6, 6.07) is 12.5. The molecule has 2 saturated carbocycles. The predicted octanol–water partition coefficient (Wildman–Crippen LogP) is 8.46. The predicted molar refractivity (Wildman–Crippen MR) is 128 cm³/mol. The zero-order chi connectivity index (χ0) is 22.5. The van der Waals surface area contributed by atoms with E-state index in [2.05, 4.69) is 6.92 Å². The van der Waals surface area contributed by atoms with E-state index in [0.717, 1.165) is 24.7 Å². The minimum atomic E-state index is -1.07. The molecule has 0 radical (unpaired) electrons. The van der Waals surface area contributed by atoms with Crippen molar-refractivity contribution in [1.82, 2.24) is 0 Å². The summed E-state index contributed by atoms with van der Waals surface area (Å²) in [4.78, 5) is 11.8. The summed E-state index contributed by atoms with van der Waals surface area (Å²) in [5.74, 6) is 1.17. The van der Waals surface area contributed by atoms with Crippen molar-refractivity contribution in [2.24, 2.45) is 17.8 Å². The monoisotopic (exact) mass is 436 g/mol. The maximum absolute atomic E-state index is 15.8. The van der Waals surface area contributed by atoms with Crippen LogP contribution < -0.4 is 0 Å². The molecule has 4 rings (SSSR count). The van der Waals surface area contributed by atoms with Gasteiger partial charge >= 0.3 is 5.97 Å². The molecule has 172 valence electrons. The maximum Gasteiger partial charge on any atom is 0.336 e. The highest BCUT2D eigenvalue weighted by Gasteiger charge is 2.37. The van der Waals surface area contributed by atoms with Crippen LogP contribution in [0.1, 0.15) is 99.4 Å². The lowest BCUT2D eigenvalue weighted by Gasteiger charge is -2.42. The highest BCUT2D eigenvalue weighted by Crippen LogP contribution is 2.49. The Morgan fingerprint density at radius 3 is 2.44 bits per heavy atom. The van der Waals surface area contributed by atoms with E-state index in [1.165, 1.54) is 57.8 Å². The molecule has 4 unspecified atom stereocenters. The number of carboxylic acid groups (broad SMARTS) is 1. The second-order valence-corrected chi connectivity index (χ2v) is 10.1. The molecular formula is C29H37FO2.